The molecule has 7 nitrogen and oxygen atoms in total. The molecule has 0 spiro atoms. The van der Waals surface area contributed by atoms with Crippen molar-refractivity contribution in [3.8, 4) is 5.75 Å². The lowest BCUT2D eigenvalue weighted by Crippen LogP contribution is -2.26. The standard InChI is InChI=1S/C14H28N6O/c1-5-20(6-2)9-7-8-11(3)18-13-12(21-4)14(19-15)17-10-16-13/h10-11H,5-9,15H2,1-4H3,(H2,16,17,18,19). The summed E-state index contributed by atoms with van der Waals surface area (Å²) >= 11 is 0. The molecule has 0 aromatic carbocycles. The van der Waals surface area contributed by atoms with E-state index < -0.39 is 0 Å². The van der Waals surface area contributed by atoms with Crippen molar-refractivity contribution in [3.63, 3.8) is 0 Å². The maximum atomic E-state index is 5.42. The van der Waals surface area contributed by atoms with Gasteiger partial charge in [-0.3, -0.25) is 0 Å². The highest BCUT2D eigenvalue weighted by atomic mass is 16.5. The van der Waals surface area contributed by atoms with Crippen molar-refractivity contribution < 1.29 is 4.74 Å². The molecule has 1 aromatic heterocycles. The summed E-state index contributed by atoms with van der Waals surface area (Å²) in [7, 11) is 1.58. The third-order valence-electron chi connectivity index (χ3n) is 3.53. The summed E-state index contributed by atoms with van der Waals surface area (Å²) in [6, 6.07) is 0.301. The van der Waals surface area contributed by atoms with E-state index in [4.69, 9.17) is 10.6 Å². The number of rotatable bonds is 10. The number of methoxy groups -OCH3 is 1. The third-order valence-corrected chi connectivity index (χ3v) is 3.53. The molecule has 0 amide bonds. The fourth-order valence-corrected chi connectivity index (χ4v) is 2.24. The average molecular weight is 296 g/mol. The van der Waals surface area contributed by atoms with Gasteiger partial charge < -0.3 is 20.4 Å². The first-order chi connectivity index (χ1) is 10.2. The number of hydrazine groups is 1. The van der Waals surface area contributed by atoms with Crippen molar-refractivity contribution in [2.24, 2.45) is 5.84 Å². The molecule has 21 heavy (non-hydrogen) atoms. The van der Waals surface area contributed by atoms with Crippen LogP contribution in [-0.4, -0.2) is 47.7 Å². The lowest BCUT2D eigenvalue weighted by molar-refractivity contribution is 0.295. The summed E-state index contributed by atoms with van der Waals surface area (Å²) in [4.78, 5) is 10.7. The van der Waals surface area contributed by atoms with Gasteiger partial charge in [0, 0.05) is 6.04 Å². The highest BCUT2D eigenvalue weighted by Crippen LogP contribution is 2.28. The summed E-state index contributed by atoms with van der Waals surface area (Å²) in [5.41, 5.74) is 2.51. The predicted octanol–water partition coefficient (Wildman–Crippen LogP) is 1.69. The minimum atomic E-state index is 0.301. The number of nitrogens with zero attached hydrogens (tertiary/aromatic N) is 3. The third kappa shape index (κ3) is 5.35. The molecule has 4 N–H and O–H groups in total. The quantitative estimate of drug-likeness (QED) is 0.447. The van der Waals surface area contributed by atoms with Crippen molar-refractivity contribution in [1.29, 1.82) is 0 Å². The van der Waals surface area contributed by atoms with Crippen LogP contribution < -0.4 is 21.3 Å². The van der Waals surface area contributed by atoms with Gasteiger partial charge in [-0.25, -0.2) is 15.8 Å². The van der Waals surface area contributed by atoms with Gasteiger partial charge in [0.1, 0.15) is 6.33 Å². The number of nitrogen functional groups attached to an aromatic ring is 1. The minimum absolute atomic E-state index is 0.301. The van der Waals surface area contributed by atoms with Crippen molar-refractivity contribution >= 4 is 11.6 Å². The molecule has 0 aliphatic carbocycles. The van der Waals surface area contributed by atoms with E-state index in [1.807, 2.05) is 0 Å². The molecule has 0 fully saturated rings. The Balaban J connectivity index is 2.53. The molecule has 1 unspecified atom stereocenters. The van der Waals surface area contributed by atoms with Crippen LogP contribution in [-0.2, 0) is 0 Å². The first-order valence-corrected chi connectivity index (χ1v) is 7.50. The molecule has 0 saturated carbocycles. The van der Waals surface area contributed by atoms with E-state index in [9.17, 15) is 0 Å². The Bertz CT molecular complexity index is 410. The first-order valence-electron chi connectivity index (χ1n) is 7.50. The van der Waals surface area contributed by atoms with Gasteiger partial charge in [-0.15, -0.1) is 0 Å². The van der Waals surface area contributed by atoms with Crippen molar-refractivity contribution in [3.05, 3.63) is 6.33 Å². The molecule has 7 heteroatoms. The summed E-state index contributed by atoms with van der Waals surface area (Å²) in [5.74, 6) is 7.09. The number of hydrogen-bond donors (Lipinski definition) is 3. The Hall–Kier alpha value is -1.60. The molecule has 1 rings (SSSR count). The Labute approximate surface area is 127 Å². The van der Waals surface area contributed by atoms with Crippen molar-refractivity contribution in [1.82, 2.24) is 14.9 Å². The molecule has 120 valence electrons. The lowest BCUT2D eigenvalue weighted by atomic mass is 10.1. The van der Waals surface area contributed by atoms with Crippen LogP contribution in [0.25, 0.3) is 0 Å². The number of hydrogen-bond acceptors (Lipinski definition) is 7. The molecule has 0 aliphatic heterocycles. The van der Waals surface area contributed by atoms with Crippen LogP contribution in [0, 0.1) is 0 Å². The van der Waals surface area contributed by atoms with Crippen LogP contribution >= 0.6 is 0 Å². The Morgan fingerprint density at radius 3 is 2.52 bits per heavy atom. The van der Waals surface area contributed by atoms with Crippen LogP contribution in [0.4, 0.5) is 11.6 Å². The Morgan fingerprint density at radius 2 is 1.95 bits per heavy atom. The zero-order valence-electron chi connectivity index (χ0n) is 13.5. The van der Waals surface area contributed by atoms with Crippen molar-refractivity contribution in [2.45, 2.75) is 39.7 Å². The van der Waals surface area contributed by atoms with Crippen LogP contribution in [0.1, 0.15) is 33.6 Å². The zero-order valence-corrected chi connectivity index (χ0v) is 13.5. The van der Waals surface area contributed by atoms with Gasteiger partial charge in [0.05, 0.1) is 7.11 Å². The van der Waals surface area contributed by atoms with E-state index in [1.165, 1.54) is 6.33 Å². The second-order valence-corrected chi connectivity index (χ2v) is 4.96. The molecule has 0 bridgehead atoms. The van der Waals surface area contributed by atoms with E-state index in [-0.39, 0.29) is 0 Å². The second kappa shape index (κ2) is 9.36. The number of nitrogens with two attached hydrogens (primary N) is 1. The van der Waals surface area contributed by atoms with Gasteiger partial charge in [0.15, 0.2) is 11.6 Å². The van der Waals surface area contributed by atoms with Gasteiger partial charge in [-0.1, -0.05) is 13.8 Å². The first kappa shape index (κ1) is 17.5. The zero-order chi connectivity index (χ0) is 15.7. The summed E-state index contributed by atoms with van der Waals surface area (Å²) < 4.78 is 5.31. The SMILES string of the molecule is CCN(CC)CCCC(C)Nc1ncnc(NN)c1OC. The van der Waals surface area contributed by atoms with Crippen LogP contribution in [0.5, 0.6) is 5.75 Å². The van der Waals surface area contributed by atoms with E-state index in [0.717, 1.165) is 32.5 Å². The number of aromatic nitrogens is 2. The van der Waals surface area contributed by atoms with Gasteiger partial charge in [-0.05, 0) is 39.4 Å². The number of anilines is 2. The number of ether oxygens (including phenoxy) is 1. The van der Waals surface area contributed by atoms with E-state index in [0.29, 0.717) is 23.4 Å². The van der Waals surface area contributed by atoms with Crippen LogP contribution in [0.15, 0.2) is 6.33 Å². The maximum Gasteiger partial charge on any atom is 0.205 e. The Morgan fingerprint density at radius 1 is 1.29 bits per heavy atom. The van der Waals surface area contributed by atoms with Gasteiger partial charge in [0.25, 0.3) is 0 Å². The molecular weight excluding hydrogens is 268 g/mol. The lowest BCUT2D eigenvalue weighted by Gasteiger charge is -2.20. The summed E-state index contributed by atoms with van der Waals surface area (Å²) in [6.07, 6.45) is 3.67. The van der Waals surface area contributed by atoms with E-state index in [2.05, 4.69) is 46.4 Å². The molecule has 1 aromatic rings. The van der Waals surface area contributed by atoms with Gasteiger partial charge in [-0.2, -0.15) is 0 Å². The van der Waals surface area contributed by atoms with Crippen LogP contribution in [0.3, 0.4) is 0 Å². The largest absolute Gasteiger partial charge is 0.490 e. The fourth-order valence-electron chi connectivity index (χ4n) is 2.24. The monoisotopic (exact) mass is 296 g/mol. The number of nitrogens with one attached hydrogen (secondary N) is 2. The molecule has 1 atom stereocenters. The van der Waals surface area contributed by atoms with Crippen molar-refractivity contribution in [2.75, 3.05) is 37.5 Å². The van der Waals surface area contributed by atoms with Gasteiger partial charge in [0.2, 0.25) is 5.75 Å². The van der Waals surface area contributed by atoms with Gasteiger partial charge >= 0.3 is 0 Å². The topological polar surface area (TPSA) is 88.3 Å². The maximum absolute atomic E-state index is 5.42. The minimum Gasteiger partial charge on any atom is -0.490 e. The smallest absolute Gasteiger partial charge is 0.205 e. The Kier molecular flexibility index (Phi) is 7.78. The summed E-state index contributed by atoms with van der Waals surface area (Å²) in [5, 5.41) is 3.36. The van der Waals surface area contributed by atoms with Crippen LogP contribution in [0.2, 0.25) is 0 Å². The highest BCUT2D eigenvalue weighted by molar-refractivity contribution is 5.63. The molecule has 0 radical (unpaired) electrons. The molecule has 1 heterocycles. The molecular formula is C14H28N6O. The molecule has 0 saturated heterocycles. The normalized spacial score (nSPS) is 12.3. The summed E-state index contributed by atoms with van der Waals surface area (Å²) in [6.45, 7) is 9.85. The average Bonchev–Trinajstić information content (AvgIpc) is 2.51. The van der Waals surface area contributed by atoms with E-state index >= 15 is 0 Å². The molecule has 0 aliphatic rings. The van der Waals surface area contributed by atoms with E-state index in [1.54, 1.807) is 7.11 Å². The second-order valence-electron chi connectivity index (χ2n) is 4.96. The predicted molar refractivity (Wildman–Crippen MR) is 86.5 cm³/mol. The fraction of sp³-hybridized carbons (Fsp3) is 0.714. The highest BCUT2D eigenvalue weighted by Gasteiger charge is 2.13.